The molecular weight excluding hydrogens is 310 g/mol. The lowest BCUT2D eigenvalue weighted by molar-refractivity contribution is 0.0953. The van der Waals surface area contributed by atoms with Crippen molar-refractivity contribution in [3.8, 4) is 0 Å². The van der Waals surface area contributed by atoms with E-state index in [9.17, 15) is 13.2 Å². The minimum absolute atomic E-state index is 0.00350. The largest absolute Gasteiger partial charge is 0.397 e. The Kier molecular flexibility index (Phi) is 3.58. The molecule has 1 saturated heterocycles. The summed E-state index contributed by atoms with van der Waals surface area (Å²) in [6, 6.07) is 1.78. The predicted octanol–water partition coefficient (Wildman–Crippen LogP) is 1.04. The molecule has 0 aliphatic carbocycles. The fourth-order valence-electron chi connectivity index (χ4n) is 2.49. The number of nitrogens with zero attached hydrogens (tertiary/aromatic N) is 1. The number of sulfone groups is 1. The second-order valence-corrected chi connectivity index (χ2v) is 8.48. The van der Waals surface area contributed by atoms with E-state index in [0.717, 1.165) is 10.1 Å². The SMILES string of the molecule is Nc1c(C(=O)NCC2CCS(=O)(=O)C2)sc2cnccc12. The van der Waals surface area contributed by atoms with Crippen molar-refractivity contribution in [2.45, 2.75) is 6.42 Å². The topological polar surface area (TPSA) is 102 Å². The Morgan fingerprint density at radius 1 is 1.52 bits per heavy atom. The van der Waals surface area contributed by atoms with Crippen LogP contribution in [0.3, 0.4) is 0 Å². The molecule has 0 bridgehead atoms. The van der Waals surface area contributed by atoms with Gasteiger partial charge in [-0.2, -0.15) is 0 Å². The van der Waals surface area contributed by atoms with E-state index in [-0.39, 0.29) is 23.3 Å². The van der Waals surface area contributed by atoms with Gasteiger partial charge in [0, 0.05) is 24.3 Å². The van der Waals surface area contributed by atoms with Crippen LogP contribution in [0.25, 0.3) is 10.1 Å². The van der Waals surface area contributed by atoms with Gasteiger partial charge in [0.2, 0.25) is 0 Å². The van der Waals surface area contributed by atoms with Crippen LogP contribution in [0, 0.1) is 5.92 Å². The number of nitrogens with two attached hydrogens (primary N) is 1. The standard InChI is InChI=1S/C13H15N3O3S2/c14-11-9-1-3-15-6-10(9)20-12(11)13(17)16-5-8-2-4-21(18,19)7-8/h1,3,6,8H,2,4-5,7,14H2,(H,16,17). The Morgan fingerprint density at radius 2 is 2.33 bits per heavy atom. The smallest absolute Gasteiger partial charge is 0.263 e. The zero-order valence-corrected chi connectivity index (χ0v) is 12.8. The van der Waals surface area contributed by atoms with Gasteiger partial charge >= 0.3 is 0 Å². The van der Waals surface area contributed by atoms with E-state index in [4.69, 9.17) is 5.73 Å². The average Bonchev–Trinajstić information content (AvgIpc) is 2.97. The van der Waals surface area contributed by atoms with Crippen LogP contribution < -0.4 is 11.1 Å². The molecule has 6 nitrogen and oxygen atoms in total. The molecule has 0 saturated carbocycles. The fourth-order valence-corrected chi connectivity index (χ4v) is 5.36. The molecule has 1 amide bonds. The number of aromatic nitrogens is 1. The molecule has 0 radical (unpaired) electrons. The quantitative estimate of drug-likeness (QED) is 0.878. The number of pyridine rings is 1. The summed E-state index contributed by atoms with van der Waals surface area (Å²) in [5.41, 5.74) is 6.45. The summed E-state index contributed by atoms with van der Waals surface area (Å²) in [5, 5.41) is 3.61. The van der Waals surface area contributed by atoms with Crippen molar-refractivity contribution in [3.05, 3.63) is 23.3 Å². The Morgan fingerprint density at radius 3 is 3.00 bits per heavy atom. The molecule has 112 valence electrons. The number of carbonyl (C=O) groups excluding carboxylic acids is 1. The summed E-state index contributed by atoms with van der Waals surface area (Å²) < 4.78 is 23.6. The summed E-state index contributed by atoms with van der Waals surface area (Å²) in [7, 11) is -2.92. The van der Waals surface area contributed by atoms with Crippen LogP contribution in [0.4, 0.5) is 5.69 Å². The number of nitrogens with one attached hydrogen (secondary N) is 1. The van der Waals surface area contributed by atoms with E-state index in [2.05, 4.69) is 10.3 Å². The minimum Gasteiger partial charge on any atom is -0.397 e. The maximum Gasteiger partial charge on any atom is 0.263 e. The first kappa shape index (κ1) is 14.3. The summed E-state index contributed by atoms with van der Waals surface area (Å²) in [6.07, 6.45) is 3.92. The zero-order valence-electron chi connectivity index (χ0n) is 11.2. The van der Waals surface area contributed by atoms with E-state index in [1.807, 2.05) is 0 Å². The molecule has 21 heavy (non-hydrogen) atoms. The van der Waals surface area contributed by atoms with Crippen molar-refractivity contribution in [1.29, 1.82) is 0 Å². The van der Waals surface area contributed by atoms with Gasteiger partial charge in [0.1, 0.15) is 4.88 Å². The third kappa shape index (κ3) is 2.86. The van der Waals surface area contributed by atoms with Crippen LogP contribution >= 0.6 is 11.3 Å². The first-order chi connectivity index (χ1) is 9.96. The van der Waals surface area contributed by atoms with Crippen molar-refractivity contribution in [2.75, 3.05) is 23.8 Å². The van der Waals surface area contributed by atoms with Gasteiger partial charge in [-0.1, -0.05) is 0 Å². The van der Waals surface area contributed by atoms with E-state index >= 15 is 0 Å². The third-order valence-corrected chi connectivity index (χ3v) is 6.61. The van der Waals surface area contributed by atoms with Crippen LogP contribution in [-0.4, -0.2) is 37.4 Å². The van der Waals surface area contributed by atoms with Crippen LogP contribution in [0.1, 0.15) is 16.1 Å². The highest BCUT2D eigenvalue weighted by Crippen LogP contribution is 2.32. The average molecular weight is 325 g/mol. The number of carbonyl (C=O) groups is 1. The first-order valence-corrected chi connectivity index (χ1v) is 9.20. The molecule has 1 aliphatic rings. The van der Waals surface area contributed by atoms with E-state index in [1.54, 1.807) is 18.5 Å². The summed E-state index contributed by atoms with van der Waals surface area (Å²) in [4.78, 5) is 16.7. The van der Waals surface area contributed by atoms with Gasteiger partial charge in [0.15, 0.2) is 9.84 Å². The molecule has 8 heteroatoms. The molecule has 0 spiro atoms. The van der Waals surface area contributed by atoms with Gasteiger partial charge in [-0.25, -0.2) is 8.42 Å². The summed E-state index contributed by atoms with van der Waals surface area (Å²) >= 11 is 1.30. The van der Waals surface area contributed by atoms with Gasteiger partial charge in [-0.15, -0.1) is 11.3 Å². The van der Waals surface area contributed by atoms with E-state index in [0.29, 0.717) is 23.5 Å². The number of thiophene rings is 1. The number of fused-ring (bicyclic) bond motifs is 1. The third-order valence-electron chi connectivity index (χ3n) is 3.62. The highest BCUT2D eigenvalue weighted by molar-refractivity contribution is 7.91. The molecule has 2 aromatic heterocycles. The zero-order chi connectivity index (χ0) is 15.0. The number of anilines is 1. The molecule has 1 atom stereocenters. The van der Waals surface area contributed by atoms with Crippen LogP contribution in [-0.2, 0) is 9.84 Å². The number of amides is 1. The maximum atomic E-state index is 12.2. The van der Waals surface area contributed by atoms with Crippen molar-refractivity contribution in [3.63, 3.8) is 0 Å². The van der Waals surface area contributed by atoms with Gasteiger partial charge in [0.05, 0.1) is 21.9 Å². The van der Waals surface area contributed by atoms with E-state index < -0.39 is 9.84 Å². The number of hydrogen-bond donors (Lipinski definition) is 2. The molecule has 3 N–H and O–H groups in total. The Hall–Kier alpha value is -1.67. The summed E-state index contributed by atoms with van der Waals surface area (Å²) in [6.45, 7) is 0.365. The molecule has 3 rings (SSSR count). The molecule has 2 aromatic rings. The molecular formula is C13H15N3O3S2. The lowest BCUT2D eigenvalue weighted by Crippen LogP contribution is -2.29. The molecule has 0 aromatic carbocycles. The van der Waals surface area contributed by atoms with E-state index in [1.165, 1.54) is 11.3 Å². The van der Waals surface area contributed by atoms with Crippen molar-refractivity contribution in [2.24, 2.45) is 5.92 Å². The Bertz CT molecular complexity index is 798. The lowest BCUT2D eigenvalue weighted by Gasteiger charge is -2.09. The number of rotatable bonds is 3. The second-order valence-electron chi connectivity index (χ2n) is 5.20. The molecule has 1 fully saturated rings. The normalized spacial score (nSPS) is 20.7. The Balaban J connectivity index is 1.71. The second kappa shape index (κ2) is 5.27. The van der Waals surface area contributed by atoms with Crippen molar-refractivity contribution < 1.29 is 13.2 Å². The molecule has 1 aliphatic heterocycles. The minimum atomic E-state index is -2.92. The molecule has 1 unspecified atom stereocenters. The molecule has 3 heterocycles. The van der Waals surface area contributed by atoms with Crippen LogP contribution in [0.2, 0.25) is 0 Å². The monoisotopic (exact) mass is 325 g/mol. The number of nitrogen functional groups attached to an aromatic ring is 1. The Labute approximate surface area is 126 Å². The fraction of sp³-hybridized carbons (Fsp3) is 0.385. The number of hydrogen-bond acceptors (Lipinski definition) is 6. The van der Waals surface area contributed by atoms with Crippen molar-refractivity contribution in [1.82, 2.24) is 10.3 Å². The lowest BCUT2D eigenvalue weighted by atomic mass is 10.1. The highest BCUT2D eigenvalue weighted by Gasteiger charge is 2.28. The maximum absolute atomic E-state index is 12.2. The van der Waals surface area contributed by atoms with Gasteiger partial charge in [0.25, 0.3) is 5.91 Å². The summed E-state index contributed by atoms with van der Waals surface area (Å²) in [5.74, 6) is 0.109. The van der Waals surface area contributed by atoms with Crippen LogP contribution in [0.5, 0.6) is 0 Å². The highest BCUT2D eigenvalue weighted by atomic mass is 32.2. The predicted molar refractivity (Wildman–Crippen MR) is 83.1 cm³/mol. The first-order valence-electron chi connectivity index (χ1n) is 6.57. The van der Waals surface area contributed by atoms with Gasteiger partial charge in [-0.05, 0) is 18.4 Å². The van der Waals surface area contributed by atoms with Crippen LogP contribution in [0.15, 0.2) is 18.5 Å². The van der Waals surface area contributed by atoms with Gasteiger partial charge in [-0.3, -0.25) is 9.78 Å². The van der Waals surface area contributed by atoms with Crippen molar-refractivity contribution >= 4 is 42.9 Å². The van der Waals surface area contributed by atoms with Gasteiger partial charge < -0.3 is 11.1 Å².